The molecule has 1 heterocycles. The minimum absolute atomic E-state index is 0.624. The molecule has 0 amide bonds. The van der Waals surface area contributed by atoms with Crippen molar-refractivity contribution in [3.63, 3.8) is 0 Å². The Bertz CT molecular complexity index is 315. The summed E-state index contributed by atoms with van der Waals surface area (Å²) in [5.41, 5.74) is 2.48. The second-order valence-electron chi connectivity index (χ2n) is 3.24. The van der Waals surface area contributed by atoms with Crippen LogP contribution in [0, 0.1) is 18.3 Å². The molecule has 1 rings (SSSR count). The quantitative estimate of drug-likeness (QED) is 0.718. The second kappa shape index (κ2) is 6.11. The number of nitriles is 1. The van der Waals surface area contributed by atoms with Gasteiger partial charge in [-0.2, -0.15) is 5.26 Å². The summed E-state index contributed by atoms with van der Waals surface area (Å²) in [5.74, 6) is 0. The van der Waals surface area contributed by atoms with Crippen LogP contribution < -0.4 is 5.32 Å². The van der Waals surface area contributed by atoms with Crippen LogP contribution in [-0.4, -0.2) is 11.5 Å². The van der Waals surface area contributed by atoms with E-state index >= 15 is 0 Å². The molecule has 3 nitrogen and oxygen atoms in total. The highest BCUT2D eigenvalue weighted by Gasteiger charge is 1.96. The molecule has 0 atom stereocenters. The van der Waals surface area contributed by atoms with Crippen LogP contribution in [0.25, 0.3) is 0 Å². The first kappa shape index (κ1) is 10.7. The summed E-state index contributed by atoms with van der Waals surface area (Å²) in [7, 11) is 0. The third-order valence-electron chi connectivity index (χ3n) is 2.11. The summed E-state index contributed by atoms with van der Waals surface area (Å²) in [6.45, 7) is 3.81. The highest BCUT2D eigenvalue weighted by molar-refractivity contribution is 5.20. The molecule has 0 saturated heterocycles. The van der Waals surface area contributed by atoms with Crippen LogP contribution in [-0.2, 0) is 6.54 Å². The van der Waals surface area contributed by atoms with Gasteiger partial charge in [0.05, 0.1) is 6.07 Å². The standard InChI is InChI=1S/C11H15N3/c1-10-4-7-14-9-11(10)8-13-6-3-2-5-12/h4,7,9,13H,2-3,6,8H2,1H3. The first-order valence-corrected chi connectivity index (χ1v) is 4.81. The molecule has 0 radical (unpaired) electrons. The number of nitrogens with zero attached hydrogens (tertiary/aromatic N) is 2. The van der Waals surface area contributed by atoms with Gasteiger partial charge in [0.1, 0.15) is 0 Å². The molecule has 0 aliphatic rings. The van der Waals surface area contributed by atoms with Crippen molar-refractivity contribution in [2.24, 2.45) is 0 Å². The van der Waals surface area contributed by atoms with Gasteiger partial charge in [-0.1, -0.05) is 0 Å². The summed E-state index contributed by atoms with van der Waals surface area (Å²) in [5, 5.41) is 11.6. The van der Waals surface area contributed by atoms with Crippen molar-refractivity contribution in [2.45, 2.75) is 26.3 Å². The van der Waals surface area contributed by atoms with E-state index < -0.39 is 0 Å². The van der Waals surface area contributed by atoms with E-state index in [1.165, 1.54) is 11.1 Å². The van der Waals surface area contributed by atoms with Crippen molar-refractivity contribution < 1.29 is 0 Å². The summed E-state index contributed by atoms with van der Waals surface area (Å²) in [6, 6.07) is 4.13. The van der Waals surface area contributed by atoms with E-state index in [-0.39, 0.29) is 0 Å². The summed E-state index contributed by atoms with van der Waals surface area (Å²) < 4.78 is 0. The molecule has 0 unspecified atom stereocenters. The topological polar surface area (TPSA) is 48.7 Å². The molecule has 14 heavy (non-hydrogen) atoms. The molecule has 1 N–H and O–H groups in total. The maximum Gasteiger partial charge on any atom is 0.0622 e. The van der Waals surface area contributed by atoms with Crippen molar-refractivity contribution >= 4 is 0 Å². The van der Waals surface area contributed by atoms with Crippen molar-refractivity contribution in [1.29, 1.82) is 5.26 Å². The maximum atomic E-state index is 8.34. The number of aromatic nitrogens is 1. The van der Waals surface area contributed by atoms with Crippen LogP contribution in [0.4, 0.5) is 0 Å². The Kier molecular flexibility index (Phi) is 4.66. The minimum Gasteiger partial charge on any atom is -0.313 e. The zero-order chi connectivity index (χ0) is 10.2. The highest BCUT2D eigenvalue weighted by atomic mass is 14.8. The number of aryl methyl sites for hydroxylation is 1. The molecular formula is C11H15N3. The molecule has 0 aliphatic heterocycles. The molecule has 74 valence electrons. The summed E-state index contributed by atoms with van der Waals surface area (Å²) in [6.07, 6.45) is 5.22. The Balaban J connectivity index is 2.25. The van der Waals surface area contributed by atoms with E-state index in [9.17, 15) is 0 Å². The number of nitrogens with one attached hydrogen (secondary N) is 1. The van der Waals surface area contributed by atoms with Gasteiger partial charge in [-0.05, 0) is 37.1 Å². The fourth-order valence-electron chi connectivity index (χ4n) is 1.20. The van der Waals surface area contributed by atoms with Crippen molar-refractivity contribution in [3.05, 3.63) is 29.6 Å². The van der Waals surface area contributed by atoms with E-state index in [0.717, 1.165) is 19.5 Å². The molecule has 0 fully saturated rings. The maximum absolute atomic E-state index is 8.34. The Hall–Kier alpha value is -1.40. The van der Waals surface area contributed by atoms with Gasteiger partial charge in [0, 0.05) is 25.4 Å². The fourth-order valence-corrected chi connectivity index (χ4v) is 1.20. The molecule has 0 spiro atoms. The van der Waals surface area contributed by atoms with Gasteiger partial charge in [0.2, 0.25) is 0 Å². The third-order valence-corrected chi connectivity index (χ3v) is 2.11. The first-order chi connectivity index (χ1) is 6.84. The highest BCUT2D eigenvalue weighted by Crippen LogP contribution is 2.03. The third kappa shape index (κ3) is 3.55. The average molecular weight is 189 g/mol. The molecular weight excluding hydrogens is 174 g/mol. The Morgan fingerprint density at radius 2 is 2.43 bits per heavy atom. The van der Waals surface area contributed by atoms with Crippen LogP contribution in [0.3, 0.4) is 0 Å². The van der Waals surface area contributed by atoms with Gasteiger partial charge in [-0.3, -0.25) is 4.98 Å². The van der Waals surface area contributed by atoms with Crippen molar-refractivity contribution in [2.75, 3.05) is 6.54 Å². The van der Waals surface area contributed by atoms with E-state index in [1.54, 1.807) is 6.20 Å². The SMILES string of the molecule is Cc1ccncc1CNCCCC#N. The molecule has 0 aliphatic carbocycles. The molecule has 0 bridgehead atoms. The number of pyridine rings is 1. The van der Waals surface area contributed by atoms with Crippen molar-refractivity contribution in [3.8, 4) is 6.07 Å². The van der Waals surface area contributed by atoms with Crippen molar-refractivity contribution in [1.82, 2.24) is 10.3 Å². The lowest BCUT2D eigenvalue weighted by Gasteiger charge is -2.05. The van der Waals surface area contributed by atoms with Crippen LogP contribution >= 0.6 is 0 Å². The normalized spacial score (nSPS) is 9.71. The number of hydrogen-bond donors (Lipinski definition) is 1. The minimum atomic E-state index is 0.624. The van der Waals surface area contributed by atoms with Crippen LogP contribution in [0.2, 0.25) is 0 Å². The molecule has 0 aromatic carbocycles. The van der Waals surface area contributed by atoms with Gasteiger partial charge in [0.15, 0.2) is 0 Å². The largest absolute Gasteiger partial charge is 0.313 e. The van der Waals surface area contributed by atoms with Gasteiger partial charge in [-0.25, -0.2) is 0 Å². The molecule has 1 aromatic heterocycles. The van der Waals surface area contributed by atoms with Crippen LogP contribution in [0.1, 0.15) is 24.0 Å². The second-order valence-corrected chi connectivity index (χ2v) is 3.24. The molecule has 0 saturated carbocycles. The first-order valence-electron chi connectivity index (χ1n) is 4.81. The number of rotatable bonds is 5. The van der Waals surface area contributed by atoms with Gasteiger partial charge >= 0.3 is 0 Å². The lowest BCUT2D eigenvalue weighted by Crippen LogP contribution is -2.15. The Morgan fingerprint density at radius 1 is 1.57 bits per heavy atom. The fraction of sp³-hybridized carbons (Fsp3) is 0.455. The predicted molar refractivity (Wildman–Crippen MR) is 55.5 cm³/mol. The van der Waals surface area contributed by atoms with Crippen LogP contribution in [0.15, 0.2) is 18.5 Å². The zero-order valence-electron chi connectivity index (χ0n) is 8.45. The number of unbranched alkanes of at least 4 members (excludes halogenated alkanes) is 1. The Morgan fingerprint density at radius 3 is 3.14 bits per heavy atom. The van der Waals surface area contributed by atoms with Gasteiger partial charge in [-0.15, -0.1) is 0 Å². The van der Waals surface area contributed by atoms with E-state index in [1.807, 2.05) is 12.3 Å². The van der Waals surface area contributed by atoms with Crippen LogP contribution in [0.5, 0.6) is 0 Å². The average Bonchev–Trinajstić information content (AvgIpc) is 2.20. The van der Waals surface area contributed by atoms with Gasteiger partial charge < -0.3 is 5.32 Å². The summed E-state index contributed by atoms with van der Waals surface area (Å²) in [4.78, 5) is 4.07. The van der Waals surface area contributed by atoms with Gasteiger partial charge in [0.25, 0.3) is 0 Å². The lowest BCUT2D eigenvalue weighted by molar-refractivity contribution is 0.654. The monoisotopic (exact) mass is 189 g/mol. The molecule has 3 heteroatoms. The number of hydrogen-bond acceptors (Lipinski definition) is 3. The van der Waals surface area contributed by atoms with E-state index in [0.29, 0.717) is 6.42 Å². The molecule has 1 aromatic rings. The smallest absolute Gasteiger partial charge is 0.0622 e. The van der Waals surface area contributed by atoms with E-state index in [4.69, 9.17) is 5.26 Å². The van der Waals surface area contributed by atoms with E-state index in [2.05, 4.69) is 23.3 Å². The lowest BCUT2D eigenvalue weighted by atomic mass is 10.1. The Labute approximate surface area is 84.8 Å². The predicted octanol–water partition coefficient (Wildman–Crippen LogP) is 1.78. The summed E-state index contributed by atoms with van der Waals surface area (Å²) >= 11 is 0. The zero-order valence-corrected chi connectivity index (χ0v) is 8.45.